The van der Waals surface area contributed by atoms with Crippen LogP contribution in [0.2, 0.25) is 0 Å². The molecular formula is C24H32FN5O3. The molecule has 8 nitrogen and oxygen atoms in total. The van der Waals surface area contributed by atoms with E-state index in [9.17, 15) is 14.0 Å². The first kappa shape index (κ1) is 24.6. The summed E-state index contributed by atoms with van der Waals surface area (Å²) < 4.78 is 18.2. The molecule has 0 bridgehead atoms. The van der Waals surface area contributed by atoms with Crippen LogP contribution in [-0.2, 0) is 14.3 Å². The fraction of sp³-hybridized carbons (Fsp3) is 0.500. The maximum absolute atomic E-state index is 13.1. The zero-order valence-corrected chi connectivity index (χ0v) is 19.5. The molecule has 2 aromatic rings. The molecule has 9 heteroatoms. The van der Waals surface area contributed by atoms with Crippen LogP contribution in [0.5, 0.6) is 0 Å². The van der Waals surface area contributed by atoms with Crippen LogP contribution >= 0.6 is 0 Å². The number of anilines is 1. The number of amides is 2. The van der Waals surface area contributed by atoms with Gasteiger partial charge in [0.25, 0.3) is 0 Å². The van der Waals surface area contributed by atoms with Gasteiger partial charge in [-0.25, -0.2) is 4.39 Å². The lowest BCUT2D eigenvalue weighted by molar-refractivity contribution is -0.142. The first-order chi connectivity index (χ1) is 15.9. The summed E-state index contributed by atoms with van der Waals surface area (Å²) in [6.45, 7) is 7.09. The number of carbonyl (C=O) groups is 2. The predicted molar refractivity (Wildman–Crippen MR) is 124 cm³/mol. The maximum Gasteiger partial charge on any atom is 0.242 e. The van der Waals surface area contributed by atoms with Crippen molar-refractivity contribution in [1.82, 2.24) is 20.0 Å². The molecule has 0 saturated carbocycles. The molecule has 1 saturated heterocycles. The Kier molecular flexibility index (Phi) is 8.71. The van der Waals surface area contributed by atoms with E-state index in [1.165, 1.54) is 12.1 Å². The summed E-state index contributed by atoms with van der Waals surface area (Å²) in [7, 11) is 1.58. The third kappa shape index (κ3) is 6.71. The molecule has 178 valence electrons. The third-order valence-corrected chi connectivity index (χ3v) is 5.66. The van der Waals surface area contributed by atoms with Gasteiger partial charge in [-0.05, 0) is 42.8 Å². The van der Waals surface area contributed by atoms with Crippen LogP contribution in [0.25, 0.3) is 11.3 Å². The van der Waals surface area contributed by atoms with E-state index in [0.717, 1.165) is 24.3 Å². The van der Waals surface area contributed by atoms with Crippen molar-refractivity contribution in [2.45, 2.75) is 20.3 Å². The molecule has 1 aliphatic rings. The minimum Gasteiger partial charge on any atom is -0.383 e. The number of benzene rings is 1. The highest BCUT2D eigenvalue weighted by Gasteiger charge is 2.25. The third-order valence-electron chi connectivity index (χ3n) is 5.66. The number of aromatic nitrogens is 2. The molecule has 3 rings (SSSR count). The van der Waals surface area contributed by atoms with E-state index in [1.54, 1.807) is 24.1 Å². The second-order valence-corrected chi connectivity index (χ2v) is 8.41. The van der Waals surface area contributed by atoms with Crippen molar-refractivity contribution in [3.63, 3.8) is 0 Å². The summed E-state index contributed by atoms with van der Waals surface area (Å²) in [5, 5.41) is 8.64. The summed E-state index contributed by atoms with van der Waals surface area (Å²) in [5.41, 5.74) is 1.48. The lowest BCUT2D eigenvalue weighted by Gasteiger charge is -2.28. The minimum atomic E-state index is -0.289. The Hall–Kier alpha value is -3.07. The fourth-order valence-electron chi connectivity index (χ4n) is 3.76. The highest BCUT2D eigenvalue weighted by molar-refractivity contribution is 5.85. The summed E-state index contributed by atoms with van der Waals surface area (Å²) in [4.78, 5) is 30.9. The molecule has 0 atom stereocenters. The minimum absolute atomic E-state index is 0.0478. The van der Waals surface area contributed by atoms with Crippen LogP contribution in [0.1, 0.15) is 20.3 Å². The van der Waals surface area contributed by atoms with Gasteiger partial charge >= 0.3 is 0 Å². The summed E-state index contributed by atoms with van der Waals surface area (Å²) in [6, 6.07) is 9.92. The second kappa shape index (κ2) is 11.7. The normalized spacial score (nSPS) is 14.3. The van der Waals surface area contributed by atoms with Gasteiger partial charge in [0.2, 0.25) is 11.8 Å². The lowest BCUT2D eigenvalue weighted by Crippen LogP contribution is -2.46. The van der Waals surface area contributed by atoms with E-state index < -0.39 is 0 Å². The monoisotopic (exact) mass is 457 g/mol. The van der Waals surface area contributed by atoms with E-state index >= 15 is 0 Å². The molecule has 1 aromatic carbocycles. The molecule has 1 fully saturated rings. The second-order valence-electron chi connectivity index (χ2n) is 8.41. The number of ether oxygens (including phenoxy) is 1. The largest absolute Gasteiger partial charge is 0.383 e. The van der Waals surface area contributed by atoms with Gasteiger partial charge in [0.05, 0.1) is 18.8 Å². The molecular weight excluding hydrogens is 425 g/mol. The fourth-order valence-corrected chi connectivity index (χ4v) is 3.76. The Balaban J connectivity index is 1.59. The van der Waals surface area contributed by atoms with Gasteiger partial charge in [-0.2, -0.15) is 0 Å². The Labute approximate surface area is 194 Å². The van der Waals surface area contributed by atoms with Crippen LogP contribution in [0.3, 0.4) is 0 Å². The Morgan fingerprint density at radius 2 is 1.82 bits per heavy atom. The smallest absolute Gasteiger partial charge is 0.242 e. The average molecular weight is 458 g/mol. The number of halogens is 1. The average Bonchev–Trinajstić information content (AvgIpc) is 3.08. The molecule has 0 spiro atoms. The van der Waals surface area contributed by atoms with Crippen molar-refractivity contribution in [2.24, 2.45) is 5.92 Å². The van der Waals surface area contributed by atoms with Crippen LogP contribution in [0, 0.1) is 11.7 Å². The van der Waals surface area contributed by atoms with Gasteiger partial charge in [0.15, 0.2) is 5.82 Å². The zero-order valence-electron chi connectivity index (χ0n) is 19.5. The molecule has 0 N–H and O–H groups in total. The molecule has 0 aliphatic carbocycles. The predicted octanol–water partition coefficient (Wildman–Crippen LogP) is 2.45. The number of hydrogen-bond donors (Lipinski definition) is 0. The molecule has 0 radical (unpaired) electrons. The number of methoxy groups -OCH3 is 1. The maximum atomic E-state index is 13.1. The van der Waals surface area contributed by atoms with Crippen molar-refractivity contribution in [1.29, 1.82) is 0 Å². The highest BCUT2D eigenvalue weighted by atomic mass is 19.1. The standard InChI is InChI=1S/C24H32FN5O3/c1-18(2)24(32)30(15-16-33-3)17-23(31)29-12-4-11-28(13-14-29)22-10-9-21(26-27-22)19-5-7-20(25)8-6-19/h5-10,18H,4,11-17H2,1-3H3. The van der Waals surface area contributed by atoms with Gasteiger partial charge in [0, 0.05) is 51.3 Å². The molecule has 2 amide bonds. The number of carbonyl (C=O) groups excluding carboxylic acids is 2. The SMILES string of the molecule is COCCN(CC(=O)N1CCCN(c2ccc(-c3ccc(F)cc3)nn2)CC1)C(=O)C(C)C. The van der Waals surface area contributed by atoms with E-state index in [1.807, 2.05) is 30.9 Å². The molecule has 0 unspecified atom stereocenters. The van der Waals surface area contributed by atoms with E-state index in [2.05, 4.69) is 15.1 Å². The Morgan fingerprint density at radius 1 is 1.06 bits per heavy atom. The summed E-state index contributed by atoms with van der Waals surface area (Å²) in [6.07, 6.45) is 0.795. The van der Waals surface area contributed by atoms with Gasteiger partial charge in [-0.1, -0.05) is 13.8 Å². The summed E-state index contributed by atoms with van der Waals surface area (Å²) in [5.74, 6) is 0.174. The van der Waals surface area contributed by atoms with Crippen molar-refractivity contribution in [3.05, 3.63) is 42.2 Å². The number of rotatable bonds is 8. The summed E-state index contributed by atoms with van der Waals surface area (Å²) >= 11 is 0. The molecule has 33 heavy (non-hydrogen) atoms. The number of hydrogen-bond acceptors (Lipinski definition) is 6. The van der Waals surface area contributed by atoms with Crippen molar-refractivity contribution < 1.29 is 18.7 Å². The first-order valence-electron chi connectivity index (χ1n) is 11.3. The Bertz CT molecular complexity index is 921. The first-order valence-corrected chi connectivity index (χ1v) is 11.3. The van der Waals surface area contributed by atoms with E-state index in [0.29, 0.717) is 38.5 Å². The molecule has 2 heterocycles. The van der Waals surface area contributed by atoms with Crippen LogP contribution < -0.4 is 4.90 Å². The molecule has 1 aliphatic heterocycles. The van der Waals surface area contributed by atoms with Crippen molar-refractivity contribution in [2.75, 3.05) is 57.9 Å². The van der Waals surface area contributed by atoms with Crippen molar-refractivity contribution in [3.8, 4) is 11.3 Å². The van der Waals surface area contributed by atoms with E-state index in [-0.39, 0.29) is 30.1 Å². The van der Waals surface area contributed by atoms with Gasteiger partial charge in [0.1, 0.15) is 5.82 Å². The van der Waals surface area contributed by atoms with Gasteiger partial charge < -0.3 is 19.4 Å². The van der Waals surface area contributed by atoms with Crippen LogP contribution in [-0.4, -0.2) is 84.8 Å². The topological polar surface area (TPSA) is 78.9 Å². The quantitative estimate of drug-likeness (QED) is 0.606. The van der Waals surface area contributed by atoms with Crippen LogP contribution in [0.15, 0.2) is 36.4 Å². The van der Waals surface area contributed by atoms with Crippen LogP contribution in [0.4, 0.5) is 10.2 Å². The zero-order chi connectivity index (χ0) is 23.8. The van der Waals surface area contributed by atoms with Gasteiger partial charge in [-0.15, -0.1) is 10.2 Å². The lowest BCUT2D eigenvalue weighted by atomic mass is 10.1. The highest BCUT2D eigenvalue weighted by Crippen LogP contribution is 2.20. The van der Waals surface area contributed by atoms with Gasteiger partial charge in [-0.3, -0.25) is 9.59 Å². The molecule has 1 aromatic heterocycles. The van der Waals surface area contributed by atoms with E-state index in [4.69, 9.17) is 4.74 Å². The Morgan fingerprint density at radius 3 is 2.45 bits per heavy atom. The number of nitrogens with zero attached hydrogens (tertiary/aromatic N) is 5. The van der Waals surface area contributed by atoms with Crippen molar-refractivity contribution >= 4 is 17.6 Å².